The van der Waals surface area contributed by atoms with Crippen LogP contribution in [-0.4, -0.2) is 57.9 Å². The zero-order valence-corrected chi connectivity index (χ0v) is 20.9. The lowest BCUT2D eigenvalue weighted by Gasteiger charge is -2.45. The summed E-state index contributed by atoms with van der Waals surface area (Å²) in [6.45, 7) is 0.935. The van der Waals surface area contributed by atoms with Crippen molar-refractivity contribution in [2.45, 2.75) is 49.4 Å². The van der Waals surface area contributed by atoms with E-state index in [1.54, 1.807) is 14.2 Å². The molecule has 2 fully saturated rings. The van der Waals surface area contributed by atoms with Crippen molar-refractivity contribution in [1.29, 1.82) is 0 Å². The molecule has 2 aromatic carbocycles. The van der Waals surface area contributed by atoms with E-state index in [1.807, 2.05) is 12.1 Å². The number of methoxy groups -OCH3 is 3. The summed E-state index contributed by atoms with van der Waals surface area (Å²) >= 11 is 0. The summed E-state index contributed by atoms with van der Waals surface area (Å²) in [7, 11) is 6.50. The topological polar surface area (TPSA) is 72.1 Å². The quantitative estimate of drug-likeness (QED) is 0.573. The van der Waals surface area contributed by atoms with Gasteiger partial charge in [-0.1, -0.05) is 6.07 Å². The van der Waals surface area contributed by atoms with E-state index in [9.17, 15) is 18.0 Å². The molecule has 1 aliphatic carbocycles. The number of amides is 2. The van der Waals surface area contributed by atoms with E-state index in [-0.39, 0.29) is 28.9 Å². The summed E-state index contributed by atoms with van der Waals surface area (Å²) in [5, 5.41) is 5.51. The van der Waals surface area contributed by atoms with Crippen LogP contribution in [0, 0.1) is 0 Å². The van der Waals surface area contributed by atoms with Crippen molar-refractivity contribution in [2.24, 2.45) is 0 Å². The number of rotatable bonds is 6. The number of hydrogen-bond acceptors (Lipinski definition) is 5. The second kappa shape index (κ2) is 10.1. The fourth-order valence-corrected chi connectivity index (χ4v) is 5.75. The van der Waals surface area contributed by atoms with E-state index in [2.05, 4.69) is 28.6 Å². The second-order valence-corrected chi connectivity index (χ2v) is 9.45. The van der Waals surface area contributed by atoms with Crippen molar-refractivity contribution in [2.75, 3.05) is 40.2 Å². The van der Waals surface area contributed by atoms with Crippen LogP contribution in [0.25, 0.3) is 0 Å². The van der Waals surface area contributed by atoms with Crippen LogP contribution in [0.2, 0.25) is 0 Å². The third-order valence-electron chi connectivity index (χ3n) is 7.58. The molecule has 1 saturated carbocycles. The molecule has 10 heteroatoms. The van der Waals surface area contributed by atoms with Crippen molar-refractivity contribution in [1.82, 2.24) is 10.2 Å². The van der Waals surface area contributed by atoms with Crippen LogP contribution < -0.4 is 24.8 Å². The van der Waals surface area contributed by atoms with Gasteiger partial charge in [-0.05, 0) is 75.2 Å². The number of urea groups is 1. The maximum Gasteiger partial charge on any atom is 0.420 e. The minimum absolute atomic E-state index is 0.0501. The van der Waals surface area contributed by atoms with Crippen LogP contribution in [0.3, 0.4) is 0 Å². The predicted octanol–water partition coefficient (Wildman–Crippen LogP) is 5.05. The molecule has 7 nitrogen and oxygen atoms in total. The average molecular weight is 508 g/mol. The Labute approximate surface area is 208 Å². The van der Waals surface area contributed by atoms with E-state index < -0.39 is 17.8 Å². The monoisotopic (exact) mass is 507 g/mol. The Morgan fingerprint density at radius 1 is 1.00 bits per heavy atom. The van der Waals surface area contributed by atoms with Gasteiger partial charge >= 0.3 is 12.2 Å². The summed E-state index contributed by atoms with van der Waals surface area (Å²) in [6.07, 6.45) is -1.25. The lowest BCUT2D eigenvalue weighted by molar-refractivity contribution is -0.138. The fraction of sp³-hybridized carbons (Fsp3) is 0.500. The average Bonchev–Trinajstić information content (AvgIpc) is 3.19. The predicted molar refractivity (Wildman–Crippen MR) is 130 cm³/mol. The first-order valence-electron chi connectivity index (χ1n) is 11.9. The van der Waals surface area contributed by atoms with Crippen molar-refractivity contribution in [3.8, 4) is 17.2 Å². The Morgan fingerprint density at radius 3 is 2.36 bits per heavy atom. The van der Waals surface area contributed by atoms with Crippen LogP contribution in [0.5, 0.6) is 17.2 Å². The highest BCUT2D eigenvalue weighted by Gasteiger charge is 2.50. The molecule has 0 unspecified atom stereocenters. The number of carbonyl (C=O) groups excluding carboxylic acids is 1. The first-order valence-corrected chi connectivity index (χ1v) is 11.9. The highest BCUT2D eigenvalue weighted by molar-refractivity contribution is 5.89. The highest BCUT2D eigenvalue weighted by atomic mass is 19.4. The SMILES string of the molecule is COc1ccc([C@@]23CC[C@H](NC(=O)Nc4ccc(OC)c(C(F)(F)F)c4)C[C@H]2N(C)CC3)cc1OC. The van der Waals surface area contributed by atoms with Gasteiger partial charge in [0.05, 0.1) is 26.9 Å². The van der Waals surface area contributed by atoms with Gasteiger partial charge in [0.1, 0.15) is 5.75 Å². The third-order valence-corrected chi connectivity index (χ3v) is 7.58. The Bertz CT molecular complexity index is 1110. The van der Waals surface area contributed by atoms with Crippen molar-refractivity contribution >= 4 is 11.7 Å². The lowest BCUT2D eigenvalue weighted by atomic mass is 9.65. The number of benzene rings is 2. The van der Waals surface area contributed by atoms with E-state index in [1.165, 1.54) is 24.8 Å². The molecule has 0 radical (unpaired) electrons. The molecule has 0 bridgehead atoms. The van der Waals surface area contributed by atoms with Crippen molar-refractivity contribution in [3.63, 3.8) is 0 Å². The number of carbonyl (C=O) groups is 1. The molecule has 1 heterocycles. The summed E-state index contributed by atoms with van der Waals surface area (Å²) in [4.78, 5) is 15.0. The van der Waals surface area contributed by atoms with Gasteiger partial charge in [-0.15, -0.1) is 0 Å². The van der Waals surface area contributed by atoms with Gasteiger partial charge in [-0.3, -0.25) is 0 Å². The summed E-state index contributed by atoms with van der Waals surface area (Å²) in [5.74, 6) is 1.08. The number of hydrogen-bond donors (Lipinski definition) is 2. The van der Waals surface area contributed by atoms with Gasteiger partial charge in [0.2, 0.25) is 0 Å². The van der Waals surface area contributed by atoms with E-state index >= 15 is 0 Å². The van der Waals surface area contributed by atoms with Crippen molar-refractivity contribution in [3.05, 3.63) is 47.5 Å². The number of nitrogens with zero attached hydrogens (tertiary/aromatic N) is 1. The molecule has 36 heavy (non-hydrogen) atoms. The third kappa shape index (κ3) is 4.91. The highest BCUT2D eigenvalue weighted by Crippen LogP contribution is 2.50. The van der Waals surface area contributed by atoms with Gasteiger partial charge < -0.3 is 29.7 Å². The van der Waals surface area contributed by atoms with Gasteiger partial charge in [-0.2, -0.15) is 13.2 Å². The number of fused-ring (bicyclic) bond motifs is 1. The molecule has 2 aromatic rings. The Kier molecular flexibility index (Phi) is 7.26. The maximum absolute atomic E-state index is 13.3. The van der Waals surface area contributed by atoms with Crippen LogP contribution in [0.1, 0.15) is 36.8 Å². The van der Waals surface area contributed by atoms with Crippen LogP contribution in [0.15, 0.2) is 36.4 Å². The maximum atomic E-state index is 13.3. The molecule has 196 valence electrons. The zero-order valence-electron chi connectivity index (χ0n) is 20.9. The van der Waals surface area contributed by atoms with Crippen LogP contribution in [0.4, 0.5) is 23.7 Å². The molecule has 1 saturated heterocycles. The van der Waals surface area contributed by atoms with E-state index in [0.29, 0.717) is 11.5 Å². The largest absolute Gasteiger partial charge is 0.496 e. The number of halogens is 3. The number of anilines is 1. The Morgan fingerprint density at radius 2 is 1.69 bits per heavy atom. The minimum Gasteiger partial charge on any atom is -0.496 e. The van der Waals surface area contributed by atoms with Gasteiger partial charge in [0.15, 0.2) is 11.5 Å². The summed E-state index contributed by atoms with van der Waals surface area (Å²) < 4.78 is 55.7. The van der Waals surface area contributed by atoms with E-state index in [4.69, 9.17) is 14.2 Å². The Hall–Kier alpha value is -3.14. The number of nitrogens with one attached hydrogen (secondary N) is 2. The number of alkyl halides is 3. The lowest BCUT2D eigenvalue weighted by Crippen LogP contribution is -2.52. The Balaban J connectivity index is 1.47. The summed E-state index contributed by atoms with van der Waals surface area (Å²) in [5.41, 5.74) is 0.234. The second-order valence-electron chi connectivity index (χ2n) is 9.45. The molecule has 1 aliphatic heterocycles. The molecule has 0 spiro atoms. The zero-order chi connectivity index (χ0) is 26.1. The molecule has 0 aromatic heterocycles. The molecule has 2 N–H and O–H groups in total. The molecule has 4 rings (SSSR count). The van der Waals surface area contributed by atoms with Crippen LogP contribution >= 0.6 is 0 Å². The fourth-order valence-electron chi connectivity index (χ4n) is 5.75. The molecule has 2 amide bonds. The van der Waals surface area contributed by atoms with Gasteiger partial charge in [-0.25, -0.2) is 4.79 Å². The van der Waals surface area contributed by atoms with Gasteiger partial charge in [0, 0.05) is 23.2 Å². The molecular weight excluding hydrogens is 475 g/mol. The van der Waals surface area contributed by atoms with Gasteiger partial charge in [0.25, 0.3) is 0 Å². The first-order chi connectivity index (χ1) is 17.1. The standard InChI is InChI=1S/C26H32F3N3O4/c1-32-12-11-25(16-5-7-21(35-3)22(13-16)36-4)10-9-18(15-23(25)32)31-24(33)30-17-6-8-20(34-2)19(14-17)26(27,28)29/h5-8,13-14,18,23H,9-12,15H2,1-4H3,(H2,30,31,33)/t18-,23+,25-/m0/s1. The van der Waals surface area contributed by atoms with Crippen molar-refractivity contribution < 1.29 is 32.2 Å². The van der Waals surface area contributed by atoms with E-state index in [0.717, 1.165) is 38.3 Å². The number of ether oxygens (including phenoxy) is 3. The molecule has 3 atom stereocenters. The smallest absolute Gasteiger partial charge is 0.420 e. The number of likely N-dealkylation sites (N-methyl/N-ethyl adjacent to an activating group) is 1. The first kappa shape index (κ1) is 25.9. The van der Waals surface area contributed by atoms with Crippen LogP contribution in [-0.2, 0) is 11.6 Å². The minimum atomic E-state index is -4.59. The molecule has 2 aliphatic rings. The number of likely N-dealkylation sites (tertiary alicyclic amines) is 1. The summed E-state index contributed by atoms with van der Waals surface area (Å²) in [6, 6.07) is 9.11. The molecular formula is C26H32F3N3O4. The normalized spacial score (nSPS) is 24.1.